The Bertz CT molecular complexity index is 729. The number of nitrogens with zero attached hydrogens (tertiary/aromatic N) is 2. The van der Waals surface area contributed by atoms with Gasteiger partial charge in [0, 0.05) is 23.4 Å². The van der Waals surface area contributed by atoms with Crippen LogP contribution in [0, 0.1) is 19.8 Å². The van der Waals surface area contributed by atoms with Crippen molar-refractivity contribution in [1.29, 1.82) is 0 Å². The summed E-state index contributed by atoms with van der Waals surface area (Å²) >= 11 is 0. The molecule has 7 nitrogen and oxygen atoms in total. The number of carbonyl (C=O) groups is 2. The Kier molecular flexibility index (Phi) is 4.10. The van der Waals surface area contributed by atoms with E-state index < -0.39 is 0 Å². The average Bonchev–Trinajstić information content (AvgIpc) is 3.32. The van der Waals surface area contributed by atoms with E-state index in [2.05, 4.69) is 25.6 Å². The first-order valence-electron chi connectivity index (χ1n) is 7.60. The van der Waals surface area contributed by atoms with Gasteiger partial charge in [-0.05, 0) is 38.8 Å². The molecule has 3 rings (SSSR count). The van der Waals surface area contributed by atoms with Crippen molar-refractivity contribution >= 4 is 17.6 Å². The molecular formula is C16H19N5O2. The van der Waals surface area contributed by atoms with Crippen LogP contribution in [-0.2, 0) is 11.3 Å². The summed E-state index contributed by atoms with van der Waals surface area (Å²) < 4.78 is 0. The molecule has 1 saturated carbocycles. The highest BCUT2D eigenvalue weighted by Crippen LogP contribution is 2.29. The third kappa shape index (κ3) is 3.74. The van der Waals surface area contributed by atoms with Crippen LogP contribution in [0.5, 0.6) is 0 Å². The summed E-state index contributed by atoms with van der Waals surface area (Å²) in [5.74, 6) is 0.946. The Morgan fingerprint density at radius 3 is 2.78 bits per heavy atom. The van der Waals surface area contributed by atoms with Crippen LogP contribution < -0.4 is 10.6 Å². The molecule has 7 heteroatoms. The second-order valence-electron chi connectivity index (χ2n) is 5.77. The summed E-state index contributed by atoms with van der Waals surface area (Å²) in [5.41, 5.74) is 2.36. The molecule has 0 unspecified atom stereocenters. The topological polar surface area (TPSA) is 99.8 Å². The lowest BCUT2D eigenvalue weighted by atomic mass is 10.2. The van der Waals surface area contributed by atoms with E-state index in [-0.39, 0.29) is 17.7 Å². The SMILES string of the molecule is Cc1nc(CNC(=O)c2ccnc(NC(=O)C3CC3)c2)[nH]c1C. The number of amides is 2. The molecule has 2 heterocycles. The van der Waals surface area contributed by atoms with Gasteiger partial charge in [-0.25, -0.2) is 9.97 Å². The second kappa shape index (κ2) is 6.20. The summed E-state index contributed by atoms with van der Waals surface area (Å²) in [6.45, 7) is 4.17. The highest BCUT2D eigenvalue weighted by Gasteiger charge is 2.29. The van der Waals surface area contributed by atoms with Gasteiger partial charge < -0.3 is 15.6 Å². The number of imidazole rings is 1. The minimum Gasteiger partial charge on any atom is -0.345 e. The Labute approximate surface area is 133 Å². The van der Waals surface area contributed by atoms with Gasteiger partial charge in [-0.15, -0.1) is 0 Å². The van der Waals surface area contributed by atoms with Gasteiger partial charge >= 0.3 is 0 Å². The molecule has 1 aliphatic rings. The lowest BCUT2D eigenvalue weighted by Crippen LogP contribution is -2.24. The van der Waals surface area contributed by atoms with E-state index in [1.807, 2.05) is 13.8 Å². The van der Waals surface area contributed by atoms with Crippen molar-refractivity contribution in [3.05, 3.63) is 41.1 Å². The number of nitrogens with one attached hydrogen (secondary N) is 3. The number of rotatable bonds is 5. The summed E-state index contributed by atoms with van der Waals surface area (Å²) in [5, 5.41) is 5.53. The maximum absolute atomic E-state index is 12.2. The number of carbonyl (C=O) groups excluding carboxylic acids is 2. The third-order valence-corrected chi connectivity index (χ3v) is 3.82. The quantitative estimate of drug-likeness (QED) is 0.782. The van der Waals surface area contributed by atoms with Crippen LogP contribution in [0.2, 0.25) is 0 Å². The molecule has 0 radical (unpaired) electrons. The predicted octanol–water partition coefficient (Wildman–Crippen LogP) is 1.70. The molecule has 0 spiro atoms. The van der Waals surface area contributed by atoms with Crippen molar-refractivity contribution in [1.82, 2.24) is 20.3 Å². The van der Waals surface area contributed by atoms with Crippen LogP contribution in [0.15, 0.2) is 18.3 Å². The predicted molar refractivity (Wildman–Crippen MR) is 84.8 cm³/mol. The van der Waals surface area contributed by atoms with E-state index >= 15 is 0 Å². The highest BCUT2D eigenvalue weighted by atomic mass is 16.2. The first-order valence-corrected chi connectivity index (χ1v) is 7.60. The van der Waals surface area contributed by atoms with E-state index in [4.69, 9.17) is 0 Å². The highest BCUT2D eigenvalue weighted by molar-refractivity contribution is 5.97. The monoisotopic (exact) mass is 313 g/mol. The van der Waals surface area contributed by atoms with E-state index in [9.17, 15) is 9.59 Å². The number of anilines is 1. The molecule has 0 bridgehead atoms. The molecule has 2 amide bonds. The van der Waals surface area contributed by atoms with Crippen molar-refractivity contribution in [2.75, 3.05) is 5.32 Å². The van der Waals surface area contributed by atoms with Crippen molar-refractivity contribution < 1.29 is 9.59 Å². The van der Waals surface area contributed by atoms with Crippen molar-refractivity contribution in [2.24, 2.45) is 5.92 Å². The van der Waals surface area contributed by atoms with Crippen molar-refractivity contribution in [3.8, 4) is 0 Å². The van der Waals surface area contributed by atoms with Crippen molar-refractivity contribution in [3.63, 3.8) is 0 Å². The molecule has 2 aromatic rings. The Hall–Kier alpha value is -2.70. The van der Waals surface area contributed by atoms with E-state index in [0.717, 1.165) is 24.2 Å². The standard InChI is InChI=1S/C16H19N5O2/c1-9-10(2)20-14(19-9)8-18-15(22)12-5-6-17-13(7-12)21-16(23)11-3-4-11/h5-7,11H,3-4,8H2,1-2H3,(H,18,22)(H,19,20)(H,17,21,23). The number of pyridine rings is 1. The van der Waals surface area contributed by atoms with Crippen LogP contribution in [-0.4, -0.2) is 26.8 Å². The lowest BCUT2D eigenvalue weighted by molar-refractivity contribution is -0.117. The van der Waals surface area contributed by atoms with Gasteiger partial charge in [-0.1, -0.05) is 0 Å². The van der Waals surface area contributed by atoms with Crippen LogP contribution in [0.25, 0.3) is 0 Å². The summed E-state index contributed by atoms with van der Waals surface area (Å²) in [6.07, 6.45) is 3.36. The van der Waals surface area contributed by atoms with Crippen LogP contribution in [0.3, 0.4) is 0 Å². The summed E-state index contributed by atoms with van der Waals surface area (Å²) in [7, 11) is 0. The first-order chi connectivity index (χ1) is 11.0. The smallest absolute Gasteiger partial charge is 0.251 e. The lowest BCUT2D eigenvalue weighted by Gasteiger charge is -2.06. The minimum absolute atomic E-state index is 0.0309. The molecule has 2 aromatic heterocycles. The zero-order chi connectivity index (χ0) is 16.4. The fourth-order valence-corrected chi connectivity index (χ4v) is 2.18. The molecule has 3 N–H and O–H groups in total. The summed E-state index contributed by atoms with van der Waals surface area (Å²) in [6, 6.07) is 3.19. The third-order valence-electron chi connectivity index (χ3n) is 3.82. The maximum atomic E-state index is 12.2. The molecule has 0 saturated heterocycles. The number of hydrogen-bond donors (Lipinski definition) is 3. The number of hydrogen-bond acceptors (Lipinski definition) is 4. The molecule has 0 aliphatic heterocycles. The number of H-pyrrole nitrogens is 1. The second-order valence-corrected chi connectivity index (χ2v) is 5.77. The van der Waals surface area contributed by atoms with Gasteiger partial charge in [0.15, 0.2) is 0 Å². The normalized spacial score (nSPS) is 13.7. The zero-order valence-corrected chi connectivity index (χ0v) is 13.1. The van der Waals surface area contributed by atoms with Gasteiger partial charge in [-0.2, -0.15) is 0 Å². The average molecular weight is 313 g/mol. The Morgan fingerprint density at radius 1 is 1.35 bits per heavy atom. The van der Waals surface area contributed by atoms with E-state index in [0.29, 0.717) is 23.8 Å². The molecular weight excluding hydrogens is 294 g/mol. The minimum atomic E-state index is -0.235. The number of aromatic nitrogens is 3. The fraction of sp³-hybridized carbons (Fsp3) is 0.375. The van der Waals surface area contributed by atoms with E-state index in [1.54, 1.807) is 12.1 Å². The largest absolute Gasteiger partial charge is 0.345 e. The molecule has 0 atom stereocenters. The first kappa shape index (κ1) is 15.2. The van der Waals surface area contributed by atoms with E-state index in [1.165, 1.54) is 6.20 Å². The van der Waals surface area contributed by atoms with Gasteiger partial charge in [0.25, 0.3) is 5.91 Å². The molecule has 120 valence electrons. The van der Waals surface area contributed by atoms with Crippen LogP contribution >= 0.6 is 0 Å². The van der Waals surface area contributed by atoms with Gasteiger partial charge in [-0.3, -0.25) is 9.59 Å². The van der Waals surface area contributed by atoms with Gasteiger partial charge in [0.05, 0.1) is 12.2 Å². The molecule has 1 fully saturated rings. The fourth-order valence-electron chi connectivity index (χ4n) is 2.18. The summed E-state index contributed by atoms with van der Waals surface area (Å²) in [4.78, 5) is 35.4. The number of aromatic amines is 1. The Balaban J connectivity index is 1.61. The molecule has 1 aliphatic carbocycles. The number of aryl methyl sites for hydroxylation is 2. The molecule has 0 aromatic carbocycles. The maximum Gasteiger partial charge on any atom is 0.251 e. The van der Waals surface area contributed by atoms with Crippen LogP contribution in [0.4, 0.5) is 5.82 Å². The van der Waals surface area contributed by atoms with Crippen molar-refractivity contribution in [2.45, 2.75) is 33.2 Å². The van der Waals surface area contributed by atoms with Gasteiger partial charge in [0.1, 0.15) is 11.6 Å². The van der Waals surface area contributed by atoms with Crippen LogP contribution in [0.1, 0.15) is 40.4 Å². The molecule has 23 heavy (non-hydrogen) atoms. The Morgan fingerprint density at radius 2 is 2.13 bits per heavy atom. The zero-order valence-electron chi connectivity index (χ0n) is 13.1. The van der Waals surface area contributed by atoms with Gasteiger partial charge in [0.2, 0.25) is 5.91 Å².